The normalized spacial score (nSPS) is 17.6. The molecule has 0 saturated heterocycles. The number of halogens is 1. The van der Waals surface area contributed by atoms with E-state index in [0.717, 1.165) is 11.1 Å². The Balaban J connectivity index is 1.84. The molecule has 0 aromatic heterocycles. The van der Waals surface area contributed by atoms with E-state index in [9.17, 15) is 13.5 Å². The molecule has 1 unspecified atom stereocenters. The Morgan fingerprint density at radius 2 is 1.91 bits per heavy atom. The van der Waals surface area contributed by atoms with Gasteiger partial charge in [0.2, 0.25) is 0 Å². The van der Waals surface area contributed by atoms with Crippen LogP contribution in [-0.2, 0) is 23.0 Å². The van der Waals surface area contributed by atoms with Crippen molar-refractivity contribution in [3.63, 3.8) is 0 Å². The van der Waals surface area contributed by atoms with Gasteiger partial charge in [0.1, 0.15) is 0 Å². The summed E-state index contributed by atoms with van der Waals surface area (Å²) in [5, 5.41) is 12.9. The number of aliphatic hydroxyl groups excluding tert-OH is 1. The Morgan fingerprint density at radius 3 is 2.61 bits per heavy atom. The third kappa shape index (κ3) is 3.67. The molecule has 7 heteroatoms. The zero-order chi connectivity index (χ0) is 16.4. The van der Waals surface area contributed by atoms with Crippen molar-refractivity contribution in [3.8, 4) is 0 Å². The average Bonchev–Trinajstić information content (AvgIpc) is 2.55. The summed E-state index contributed by atoms with van der Waals surface area (Å²) < 4.78 is 27.5. The summed E-state index contributed by atoms with van der Waals surface area (Å²) in [7, 11) is -3.65. The van der Waals surface area contributed by atoms with Crippen LogP contribution in [0.4, 0.5) is 5.69 Å². The van der Waals surface area contributed by atoms with Gasteiger partial charge < -0.3 is 10.4 Å². The van der Waals surface area contributed by atoms with Gasteiger partial charge >= 0.3 is 0 Å². The Kier molecular flexibility index (Phi) is 4.59. The molecule has 2 aromatic rings. The average molecular weight is 353 g/mol. The SMILES string of the molecule is O=S(=O)(Nc1ccc(Cl)cc1)c1ccc2c(c1)CNC(CO)C2. The number of anilines is 1. The fourth-order valence-corrected chi connectivity index (χ4v) is 3.82. The molecular weight excluding hydrogens is 336 g/mol. The van der Waals surface area contributed by atoms with E-state index in [1.807, 2.05) is 6.07 Å². The fraction of sp³-hybridized carbons (Fsp3) is 0.250. The van der Waals surface area contributed by atoms with E-state index in [1.54, 1.807) is 36.4 Å². The van der Waals surface area contributed by atoms with Crippen LogP contribution < -0.4 is 10.0 Å². The lowest BCUT2D eigenvalue weighted by Gasteiger charge is -2.25. The third-order valence-corrected chi connectivity index (χ3v) is 5.48. The van der Waals surface area contributed by atoms with Crippen LogP contribution in [0.5, 0.6) is 0 Å². The highest BCUT2D eigenvalue weighted by Gasteiger charge is 2.21. The molecule has 0 bridgehead atoms. The molecule has 0 radical (unpaired) electrons. The first-order chi connectivity index (χ1) is 11.0. The van der Waals surface area contributed by atoms with Crippen molar-refractivity contribution in [1.82, 2.24) is 5.32 Å². The first-order valence-corrected chi connectivity index (χ1v) is 9.08. The molecule has 0 aliphatic carbocycles. The van der Waals surface area contributed by atoms with Gasteiger partial charge in [-0.25, -0.2) is 8.42 Å². The fourth-order valence-electron chi connectivity index (χ4n) is 2.59. The van der Waals surface area contributed by atoms with Crippen LogP contribution in [0, 0.1) is 0 Å². The topological polar surface area (TPSA) is 78.4 Å². The Labute approximate surface area is 140 Å². The van der Waals surface area contributed by atoms with Gasteiger partial charge in [-0.15, -0.1) is 0 Å². The predicted octanol–water partition coefficient (Wildman–Crippen LogP) is 2.15. The second-order valence-corrected chi connectivity index (χ2v) is 7.63. The molecule has 3 N–H and O–H groups in total. The quantitative estimate of drug-likeness (QED) is 0.787. The van der Waals surface area contributed by atoms with Crippen molar-refractivity contribution in [2.75, 3.05) is 11.3 Å². The number of nitrogens with one attached hydrogen (secondary N) is 2. The van der Waals surface area contributed by atoms with Crippen LogP contribution in [0.2, 0.25) is 5.02 Å². The lowest BCUT2D eigenvalue weighted by atomic mass is 9.96. The maximum absolute atomic E-state index is 12.5. The van der Waals surface area contributed by atoms with E-state index in [2.05, 4.69) is 10.0 Å². The summed E-state index contributed by atoms with van der Waals surface area (Å²) in [6.45, 7) is 0.614. The van der Waals surface area contributed by atoms with Crippen molar-refractivity contribution in [2.45, 2.75) is 23.9 Å². The van der Waals surface area contributed by atoms with Crippen LogP contribution in [0.1, 0.15) is 11.1 Å². The zero-order valence-electron chi connectivity index (χ0n) is 12.3. The Bertz CT molecular complexity index is 807. The van der Waals surface area contributed by atoms with Gasteiger partial charge in [0.05, 0.1) is 11.5 Å². The van der Waals surface area contributed by atoms with Crippen molar-refractivity contribution in [3.05, 3.63) is 58.6 Å². The Morgan fingerprint density at radius 1 is 1.17 bits per heavy atom. The number of hydrogen-bond donors (Lipinski definition) is 3. The monoisotopic (exact) mass is 352 g/mol. The maximum atomic E-state index is 12.5. The molecule has 2 aromatic carbocycles. The van der Waals surface area contributed by atoms with E-state index >= 15 is 0 Å². The van der Waals surface area contributed by atoms with E-state index < -0.39 is 10.0 Å². The molecule has 1 aliphatic heterocycles. The van der Waals surface area contributed by atoms with Gasteiger partial charge in [0, 0.05) is 23.3 Å². The molecule has 3 rings (SSSR count). The summed E-state index contributed by atoms with van der Waals surface area (Å²) in [4.78, 5) is 0.218. The summed E-state index contributed by atoms with van der Waals surface area (Å²) >= 11 is 5.80. The minimum absolute atomic E-state index is 0.0251. The number of fused-ring (bicyclic) bond motifs is 1. The smallest absolute Gasteiger partial charge is 0.261 e. The summed E-state index contributed by atoms with van der Waals surface area (Å²) in [5.74, 6) is 0. The summed E-state index contributed by atoms with van der Waals surface area (Å²) in [6.07, 6.45) is 0.691. The lowest BCUT2D eigenvalue weighted by molar-refractivity contribution is 0.236. The van der Waals surface area contributed by atoms with Gasteiger partial charge in [0.15, 0.2) is 0 Å². The number of aliphatic hydroxyl groups is 1. The standard InChI is InChI=1S/C16H17ClN2O3S/c17-13-2-4-14(5-3-13)19-23(21,22)16-6-1-11-7-15(10-20)18-9-12(11)8-16/h1-6,8,15,18-20H,7,9-10H2. The molecule has 23 heavy (non-hydrogen) atoms. The number of rotatable bonds is 4. The van der Waals surface area contributed by atoms with E-state index in [0.29, 0.717) is 23.7 Å². The molecule has 0 spiro atoms. The number of sulfonamides is 1. The molecule has 1 atom stereocenters. The van der Waals surface area contributed by atoms with Gasteiger partial charge in [0.25, 0.3) is 10.0 Å². The number of benzene rings is 2. The zero-order valence-corrected chi connectivity index (χ0v) is 13.9. The minimum atomic E-state index is -3.65. The maximum Gasteiger partial charge on any atom is 0.261 e. The van der Waals surface area contributed by atoms with Crippen molar-refractivity contribution in [2.24, 2.45) is 0 Å². The lowest BCUT2D eigenvalue weighted by Crippen LogP contribution is -2.38. The molecule has 0 fully saturated rings. The molecular formula is C16H17ClN2O3S. The number of hydrogen-bond acceptors (Lipinski definition) is 4. The van der Waals surface area contributed by atoms with E-state index in [1.165, 1.54) is 0 Å². The molecule has 5 nitrogen and oxygen atoms in total. The van der Waals surface area contributed by atoms with Crippen molar-refractivity contribution >= 4 is 27.3 Å². The highest BCUT2D eigenvalue weighted by Crippen LogP contribution is 2.23. The first-order valence-electron chi connectivity index (χ1n) is 7.22. The van der Waals surface area contributed by atoms with E-state index in [4.69, 9.17) is 11.6 Å². The van der Waals surface area contributed by atoms with Crippen LogP contribution in [0.15, 0.2) is 47.4 Å². The minimum Gasteiger partial charge on any atom is -0.395 e. The molecule has 122 valence electrons. The third-order valence-electron chi connectivity index (χ3n) is 3.85. The van der Waals surface area contributed by atoms with Crippen LogP contribution >= 0.6 is 11.6 Å². The van der Waals surface area contributed by atoms with Gasteiger partial charge in [-0.1, -0.05) is 17.7 Å². The van der Waals surface area contributed by atoms with Crippen molar-refractivity contribution in [1.29, 1.82) is 0 Å². The second-order valence-electron chi connectivity index (χ2n) is 5.51. The highest BCUT2D eigenvalue weighted by atomic mass is 35.5. The molecule has 0 saturated carbocycles. The highest BCUT2D eigenvalue weighted by molar-refractivity contribution is 7.92. The van der Waals surface area contributed by atoms with Crippen LogP contribution in [0.3, 0.4) is 0 Å². The van der Waals surface area contributed by atoms with Gasteiger partial charge in [-0.3, -0.25) is 4.72 Å². The van der Waals surface area contributed by atoms with Gasteiger partial charge in [-0.05, 0) is 53.9 Å². The predicted molar refractivity (Wildman–Crippen MR) is 90.1 cm³/mol. The van der Waals surface area contributed by atoms with Crippen LogP contribution in [-0.4, -0.2) is 26.2 Å². The van der Waals surface area contributed by atoms with Gasteiger partial charge in [-0.2, -0.15) is 0 Å². The molecule has 1 aliphatic rings. The van der Waals surface area contributed by atoms with Crippen LogP contribution in [0.25, 0.3) is 0 Å². The first kappa shape index (κ1) is 16.3. The van der Waals surface area contributed by atoms with Crippen molar-refractivity contribution < 1.29 is 13.5 Å². The Hall–Kier alpha value is -1.60. The largest absolute Gasteiger partial charge is 0.395 e. The van der Waals surface area contributed by atoms with E-state index in [-0.39, 0.29) is 17.5 Å². The molecule has 0 amide bonds. The second kappa shape index (κ2) is 6.49. The summed E-state index contributed by atoms with van der Waals surface area (Å²) in [5.41, 5.74) is 2.47. The summed E-state index contributed by atoms with van der Waals surface area (Å²) in [6, 6.07) is 11.6. The molecule has 1 heterocycles.